The van der Waals surface area contributed by atoms with Gasteiger partial charge in [0.1, 0.15) is 12.1 Å². The molecule has 0 saturated carbocycles. The fourth-order valence-electron chi connectivity index (χ4n) is 5.63. The third kappa shape index (κ3) is 5.81. The lowest BCUT2D eigenvalue weighted by atomic mass is 9.79. The van der Waals surface area contributed by atoms with Gasteiger partial charge in [0.05, 0.1) is 6.20 Å². The minimum atomic E-state index is 0.333. The molecule has 1 aromatic heterocycles. The van der Waals surface area contributed by atoms with Crippen molar-refractivity contribution in [3.63, 3.8) is 0 Å². The molecule has 190 valence electrons. The molecule has 2 aliphatic rings. The maximum atomic E-state index is 6.51. The van der Waals surface area contributed by atoms with Crippen molar-refractivity contribution in [3.8, 4) is 11.5 Å². The number of likely N-dealkylation sites (tertiary alicyclic amines) is 1. The molecular formula is C28H42N5OP. The molecule has 0 radical (unpaired) electrons. The largest absolute Gasteiger partial charge is 0.451 e. The molecule has 2 saturated heterocycles. The predicted molar refractivity (Wildman–Crippen MR) is 150 cm³/mol. The van der Waals surface area contributed by atoms with E-state index < -0.39 is 0 Å². The van der Waals surface area contributed by atoms with Crippen molar-refractivity contribution in [2.24, 2.45) is 10.8 Å². The quantitative estimate of drug-likeness (QED) is 0.479. The summed E-state index contributed by atoms with van der Waals surface area (Å²) in [5, 5.41) is 1.10. The first kappa shape index (κ1) is 25.9. The van der Waals surface area contributed by atoms with Crippen LogP contribution in [0.2, 0.25) is 0 Å². The highest BCUT2D eigenvalue weighted by molar-refractivity contribution is 7.27. The smallest absolute Gasteiger partial charge is 0.188 e. The summed E-state index contributed by atoms with van der Waals surface area (Å²) >= 11 is 0. The van der Waals surface area contributed by atoms with Crippen LogP contribution in [0.15, 0.2) is 37.3 Å². The van der Waals surface area contributed by atoms with Gasteiger partial charge in [0.25, 0.3) is 0 Å². The third-order valence-corrected chi connectivity index (χ3v) is 7.43. The minimum Gasteiger partial charge on any atom is -0.451 e. The lowest BCUT2D eigenvalue weighted by Gasteiger charge is -2.49. The summed E-state index contributed by atoms with van der Waals surface area (Å²) in [4.78, 5) is 16.2. The summed E-state index contributed by atoms with van der Waals surface area (Å²) in [5.41, 5.74) is 2.66. The highest BCUT2D eigenvalue weighted by atomic mass is 31.0. The molecule has 2 aromatic rings. The van der Waals surface area contributed by atoms with Gasteiger partial charge in [-0.2, -0.15) is 0 Å². The first-order valence-corrected chi connectivity index (χ1v) is 13.4. The summed E-state index contributed by atoms with van der Waals surface area (Å²) in [6.45, 7) is 24.4. The zero-order valence-electron chi connectivity index (χ0n) is 22.3. The van der Waals surface area contributed by atoms with Crippen LogP contribution in [-0.4, -0.2) is 65.1 Å². The number of benzene rings is 1. The first-order valence-electron chi connectivity index (χ1n) is 12.8. The maximum absolute atomic E-state index is 6.51. The number of hydrogen-bond acceptors (Lipinski definition) is 6. The molecule has 2 aliphatic heterocycles. The summed E-state index contributed by atoms with van der Waals surface area (Å²) < 4.78 is 6.51. The monoisotopic (exact) mass is 495 g/mol. The molecule has 1 atom stereocenters. The third-order valence-electron chi connectivity index (χ3n) is 7.07. The highest BCUT2D eigenvalue weighted by Gasteiger charge is 2.49. The van der Waals surface area contributed by atoms with Crippen molar-refractivity contribution in [3.05, 3.63) is 42.9 Å². The van der Waals surface area contributed by atoms with Gasteiger partial charge in [-0.05, 0) is 56.6 Å². The lowest BCUT2D eigenvalue weighted by molar-refractivity contribution is 0.172. The average Bonchev–Trinajstić information content (AvgIpc) is 3.17. The van der Waals surface area contributed by atoms with Gasteiger partial charge in [-0.15, -0.1) is 9.24 Å². The fraction of sp³-hybridized carbons (Fsp3) is 0.571. The molecule has 0 N–H and O–H groups in total. The van der Waals surface area contributed by atoms with Gasteiger partial charge in [0.15, 0.2) is 11.6 Å². The van der Waals surface area contributed by atoms with E-state index in [0.29, 0.717) is 22.6 Å². The predicted octanol–water partition coefficient (Wildman–Crippen LogP) is 5.03. The normalized spacial score (nSPS) is 17.7. The summed E-state index contributed by atoms with van der Waals surface area (Å²) in [7, 11) is 2.78. The number of rotatable bonds is 8. The average molecular weight is 496 g/mol. The van der Waals surface area contributed by atoms with E-state index in [4.69, 9.17) is 4.74 Å². The standard InChI is InChI=1S/C28H42N5OP/c1-8-33(20(2)3)21(4)23-13-22(35)9-10-24(23)34-25-14-29-19-30-26(25)32-17-28(18-32)11-12-31(16-28)15-27(5,6)7/h9-10,13-14,19-20H,4,8,11-12,15-18,35H2,1-3,5-7H3. The van der Waals surface area contributed by atoms with Crippen LogP contribution >= 0.6 is 9.24 Å². The Morgan fingerprint density at radius 2 is 1.97 bits per heavy atom. The number of ether oxygens (including phenoxy) is 1. The van der Waals surface area contributed by atoms with Gasteiger partial charge >= 0.3 is 0 Å². The van der Waals surface area contributed by atoms with Gasteiger partial charge in [0.2, 0.25) is 0 Å². The van der Waals surface area contributed by atoms with E-state index >= 15 is 0 Å². The topological polar surface area (TPSA) is 44.7 Å². The fourth-order valence-corrected chi connectivity index (χ4v) is 5.89. The Balaban J connectivity index is 1.52. The van der Waals surface area contributed by atoms with Crippen molar-refractivity contribution >= 4 is 26.1 Å². The zero-order valence-corrected chi connectivity index (χ0v) is 23.5. The Labute approximate surface area is 214 Å². The Morgan fingerprint density at radius 1 is 1.23 bits per heavy atom. The molecule has 1 aromatic carbocycles. The molecule has 1 spiro atoms. The Morgan fingerprint density at radius 3 is 2.63 bits per heavy atom. The van der Waals surface area contributed by atoms with E-state index in [1.54, 1.807) is 12.5 Å². The van der Waals surface area contributed by atoms with Gasteiger partial charge in [-0.3, -0.25) is 0 Å². The molecule has 1 unspecified atom stereocenters. The van der Waals surface area contributed by atoms with Crippen LogP contribution in [0, 0.1) is 10.8 Å². The second-order valence-corrected chi connectivity index (χ2v) is 12.4. The molecule has 6 nitrogen and oxygen atoms in total. The second-order valence-electron chi connectivity index (χ2n) is 11.8. The van der Waals surface area contributed by atoms with E-state index in [-0.39, 0.29) is 0 Å². The molecular weight excluding hydrogens is 453 g/mol. The Hall–Kier alpha value is -2.17. The lowest BCUT2D eigenvalue weighted by Crippen LogP contribution is -2.58. The van der Waals surface area contributed by atoms with Gasteiger partial charge in [-0.25, -0.2) is 9.97 Å². The van der Waals surface area contributed by atoms with Crippen LogP contribution in [0.5, 0.6) is 11.5 Å². The van der Waals surface area contributed by atoms with E-state index in [1.165, 1.54) is 19.5 Å². The van der Waals surface area contributed by atoms with E-state index in [1.807, 2.05) is 12.1 Å². The van der Waals surface area contributed by atoms with Crippen LogP contribution in [-0.2, 0) is 0 Å². The molecule has 3 heterocycles. The SMILES string of the molecule is C=C(c1cc(P)ccc1Oc1cncnc1N1CC2(CCN(CC(C)(C)C)C2)C1)N(CC)C(C)C. The van der Waals surface area contributed by atoms with Crippen LogP contribution in [0.1, 0.15) is 53.5 Å². The molecule has 0 bridgehead atoms. The number of anilines is 1. The number of aromatic nitrogens is 2. The summed E-state index contributed by atoms with van der Waals surface area (Å²) in [6, 6.07) is 6.54. The van der Waals surface area contributed by atoms with E-state index in [0.717, 1.165) is 54.3 Å². The molecule has 0 aliphatic carbocycles. The Kier molecular flexibility index (Phi) is 7.45. The van der Waals surface area contributed by atoms with Crippen LogP contribution < -0.4 is 14.9 Å². The molecule has 35 heavy (non-hydrogen) atoms. The van der Waals surface area contributed by atoms with Crippen molar-refractivity contribution < 1.29 is 4.74 Å². The van der Waals surface area contributed by atoms with Crippen molar-refractivity contribution in [1.82, 2.24) is 19.8 Å². The minimum absolute atomic E-state index is 0.333. The second kappa shape index (κ2) is 10.1. The van der Waals surface area contributed by atoms with E-state index in [2.05, 4.69) is 88.1 Å². The molecule has 2 fully saturated rings. The van der Waals surface area contributed by atoms with Crippen molar-refractivity contribution in [2.75, 3.05) is 44.2 Å². The van der Waals surface area contributed by atoms with Gasteiger partial charge < -0.3 is 19.4 Å². The van der Waals surface area contributed by atoms with Crippen molar-refractivity contribution in [2.45, 2.75) is 54.0 Å². The summed E-state index contributed by atoms with van der Waals surface area (Å²) in [6.07, 6.45) is 4.66. The van der Waals surface area contributed by atoms with Gasteiger partial charge in [-0.1, -0.05) is 33.4 Å². The van der Waals surface area contributed by atoms with Crippen LogP contribution in [0.3, 0.4) is 0 Å². The summed E-state index contributed by atoms with van der Waals surface area (Å²) in [5.74, 6) is 2.36. The molecule has 7 heteroatoms. The number of nitrogens with zero attached hydrogens (tertiary/aromatic N) is 5. The zero-order chi connectivity index (χ0) is 25.4. The van der Waals surface area contributed by atoms with Gasteiger partial charge in [0, 0.05) is 55.4 Å². The van der Waals surface area contributed by atoms with E-state index in [9.17, 15) is 0 Å². The van der Waals surface area contributed by atoms with Crippen LogP contribution in [0.25, 0.3) is 5.70 Å². The highest BCUT2D eigenvalue weighted by Crippen LogP contribution is 2.45. The maximum Gasteiger partial charge on any atom is 0.188 e. The van der Waals surface area contributed by atoms with Crippen LogP contribution in [0.4, 0.5) is 5.82 Å². The molecule has 0 amide bonds. The Bertz CT molecular complexity index is 1060. The number of hydrogen-bond donors (Lipinski definition) is 0. The van der Waals surface area contributed by atoms with Crippen molar-refractivity contribution in [1.29, 1.82) is 0 Å². The molecule has 4 rings (SSSR count). The first-order chi connectivity index (χ1) is 16.5.